The minimum atomic E-state index is -0.359. The molecule has 5 nitrogen and oxygen atoms in total. The zero-order chi connectivity index (χ0) is 13.8. The van der Waals surface area contributed by atoms with Gasteiger partial charge in [0.2, 0.25) is 0 Å². The largest absolute Gasteiger partial charge is 0.409 e. The van der Waals surface area contributed by atoms with E-state index in [1.165, 1.54) is 6.07 Å². The zero-order valence-corrected chi connectivity index (χ0v) is 10.8. The Morgan fingerprint density at radius 3 is 3.05 bits per heavy atom. The molecule has 1 heterocycles. The second-order valence-corrected chi connectivity index (χ2v) is 4.71. The van der Waals surface area contributed by atoms with Crippen LogP contribution in [0.2, 0.25) is 0 Å². The van der Waals surface area contributed by atoms with Crippen molar-refractivity contribution in [3.8, 4) is 0 Å². The van der Waals surface area contributed by atoms with Crippen molar-refractivity contribution in [2.24, 2.45) is 16.8 Å². The molecule has 19 heavy (non-hydrogen) atoms. The lowest BCUT2D eigenvalue weighted by molar-refractivity contribution is 0.161. The molecule has 1 atom stereocenters. The minimum absolute atomic E-state index is 0.0934. The third kappa shape index (κ3) is 2.96. The summed E-state index contributed by atoms with van der Waals surface area (Å²) >= 11 is 0. The van der Waals surface area contributed by atoms with Crippen molar-refractivity contribution in [3.63, 3.8) is 0 Å². The van der Waals surface area contributed by atoms with Gasteiger partial charge in [0.05, 0.1) is 12.3 Å². The van der Waals surface area contributed by atoms with Crippen molar-refractivity contribution in [2.75, 3.05) is 31.7 Å². The van der Waals surface area contributed by atoms with Crippen LogP contribution in [0.1, 0.15) is 12.0 Å². The van der Waals surface area contributed by atoms with Crippen LogP contribution in [0, 0.1) is 11.7 Å². The lowest BCUT2D eigenvalue weighted by Crippen LogP contribution is -2.22. The summed E-state index contributed by atoms with van der Waals surface area (Å²) in [5, 5.41) is 11.4. The second kappa shape index (κ2) is 5.88. The average Bonchev–Trinajstić information content (AvgIpc) is 2.86. The SMILES string of the molecule is COCC1CCN(c2ccc(C(N)=NO)cc2F)C1. The van der Waals surface area contributed by atoms with Gasteiger partial charge in [-0.2, -0.15) is 0 Å². The molecule has 1 aliphatic rings. The Hall–Kier alpha value is -1.82. The molecule has 1 aliphatic heterocycles. The molecule has 0 amide bonds. The van der Waals surface area contributed by atoms with Crippen molar-refractivity contribution in [1.29, 1.82) is 0 Å². The number of benzene rings is 1. The summed E-state index contributed by atoms with van der Waals surface area (Å²) in [6, 6.07) is 4.60. The van der Waals surface area contributed by atoms with Gasteiger partial charge in [-0.1, -0.05) is 5.16 Å². The molecule has 1 aromatic rings. The van der Waals surface area contributed by atoms with Crippen LogP contribution in [-0.2, 0) is 4.74 Å². The van der Waals surface area contributed by atoms with Crippen LogP contribution in [-0.4, -0.2) is 37.8 Å². The van der Waals surface area contributed by atoms with Gasteiger partial charge in [0, 0.05) is 31.7 Å². The standard InChI is InChI=1S/C13H18FN3O2/c1-19-8-9-4-5-17(7-9)12-3-2-10(6-11(12)14)13(15)16-18/h2-3,6,9,18H,4-5,7-8H2,1H3,(H2,15,16). The van der Waals surface area contributed by atoms with E-state index < -0.39 is 0 Å². The third-order valence-electron chi connectivity index (χ3n) is 3.38. The van der Waals surface area contributed by atoms with Gasteiger partial charge in [0.1, 0.15) is 5.82 Å². The molecule has 1 aromatic carbocycles. The highest BCUT2D eigenvalue weighted by Crippen LogP contribution is 2.27. The van der Waals surface area contributed by atoms with Crippen LogP contribution in [0.4, 0.5) is 10.1 Å². The maximum atomic E-state index is 14.0. The van der Waals surface area contributed by atoms with E-state index >= 15 is 0 Å². The normalized spacial score (nSPS) is 20.0. The summed E-state index contributed by atoms with van der Waals surface area (Å²) in [5.41, 5.74) is 6.35. The number of methoxy groups -OCH3 is 1. The predicted molar refractivity (Wildman–Crippen MR) is 71.1 cm³/mol. The van der Waals surface area contributed by atoms with E-state index in [4.69, 9.17) is 15.7 Å². The van der Waals surface area contributed by atoms with Crippen molar-refractivity contribution in [3.05, 3.63) is 29.6 Å². The molecule has 3 N–H and O–H groups in total. The van der Waals surface area contributed by atoms with Crippen molar-refractivity contribution in [1.82, 2.24) is 0 Å². The van der Waals surface area contributed by atoms with E-state index in [0.29, 0.717) is 23.8 Å². The average molecular weight is 267 g/mol. The smallest absolute Gasteiger partial charge is 0.170 e. The number of amidine groups is 1. The first-order valence-electron chi connectivity index (χ1n) is 6.17. The fourth-order valence-electron chi connectivity index (χ4n) is 2.40. The number of anilines is 1. The predicted octanol–water partition coefficient (Wildman–Crippen LogP) is 1.39. The maximum Gasteiger partial charge on any atom is 0.170 e. The summed E-state index contributed by atoms with van der Waals surface area (Å²) in [4.78, 5) is 2.00. The molecule has 6 heteroatoms. The molecule has 0 aromatic heterocycles. The summed E-state index contributed by atoms with van der Waals surface area (Å²) in [6.07, 6.45) is 0.995. The fourth-order valence-corrected chi connectivity index (χ4v) is 2.40. The van der Waals surface area contributed by atoms with E-state index in [0.717, 1.165) is 19.5 Å². The number of hydrogen-bond acceptors (Lipinski definition) is 4. The molecular formula is C13H18FN3O2. The summed E-state index contributed by atoms with van der Waals surface area (Å²) in [6.45, 7) is 2.29. The van der Waals surface area contributed by atoms with Crippen LogP contribution in [0.25, 0.3) is 0 Å². The molecule has 1 unspecified atom stereocenters. The highest BCUT2D eigenvalue weighted by Gasteiger charge is 2.24. The van der Waals surface area contributed by atoms with Crippen molar-refractivity contribution in [2.45, 2.75) is 6.42 Å². The molecule has 2 rings (SSSR count). The first-order chi connectivity index (χ1) is 9.15. The number of nitrogens with two attached hydrogens (primary N) is 1. The van der Waals surface area contributed by atoms with E-state index in [-0.39, 0.29) is 11.7 Å². The Morgan fingerprint density at radius 1 is 1.63 bits per heavy atom. The van der Waals surface area contributed by atoms with Gasteiger partial charge in [0.25, 0.3) is 0 Å². The van der Waals surface area contributed by atoms with Gasteiger partial charge in [-0.25, -0.2) is 4.39 Å². The van der Waals surface area contributed by atoms with E-state index in [1.54, 1.807) is 19.2 Å². The van der Waals surface area contributed by atoms with Gasteiger partial charge >= 0.3 is 0 Å². The van der Waals surface area contributed by atoms with Gasteiger partial charge in [-0.05, 0) is 24.6 Å². The lowest BCUT2D eigenvalue weighted by atomic mass is 10.1. The molecule has 0 aliphatic carbocycles. The molecule has 0 radical (unpaired) electrons. The number of hydrogen-bond donors (Lipinski definition) is 2. The van der Waals surface area contributed by atoms with Gasteiger partial charge in [0.15, 0.2) is 5.84 Å². The summed E-state index contributed by atoms with van der Waals surface area (Å²) in [7, 11) is 1.68. The first-order valence-corrected chi connectivity index (χ1v) is 6.17. The highest BCUT2D eigenvalue weighted by molar-refractivity contribution is 5.97. The second-order valence-electron chi connectivity index (χ2n) is 4.71. The van der Waals surface area contributed by atoms with Gasteiger partial charge in [-0.15, -0.1) is 0 Å². The Bertz CT molecular complexity index is 479. The van der Waals surface area contributed by atoms with Crippen LogP contribution in [0.15, 0.2) is 23.4 Å². The van der Waals surface area contributed by atoms with E-state index in [9.17, 15) is 4.39 Å². The number of ether oxygens (including phenoxy) is 1. The number of oxime groups is 1. The maximum absolute atomic E-state index is 14.0. The lowest BCUT2D eigenvalue weighted by Gasteiger charge is -2.19. The van der Waals surface area contributed by atoms with Crippen molar-refractivity contribution >= 4 is 11.5 Å². The highest BCUT2D eigenvalue weighted by atomic mass is 19.1. The van der Waals surface area contributed by atoms with E-state index in [2.05, 4.69) is 5.16 Å². The molecule has 104 valence electrons. The Kier molecular flexibility index (Phi) is 4.21. The molecule has 0 bridgehead atoms. The number of halogens is 1. The zero-order valence-electron chi connectivity index (χ0n) is 10.8. The molecular weight excluding hydrogens is 249 g/mol. The minimum Gasteiger partial charge on any atom is -0.409 e. The van der Waals surface area contributed by atoms with Gasteiger partial charge in [-0.3, -0.25) is 0 Å². The molecule has 0 saturated carbocycles. The Morgan fingerprint density at radius 2 is 2.42 bits per heavy atom. The van der Waals surface area contributed by atoms with Crippen LogP contribution in [0.5, 0.6) is 0 Å². The Labute approximate surface area is 111 Å². The fraction of sp³-hybridized carbons (Fsp3) is 0.462. The quantitative estimate of drug-likeness (QED) is 0.374. The Balaban J connectivity index is 2.14. The number of rotatable bonds is 4. The summed E-state index contributed by atoms with van der Waals surface area (Å²) < 4.78 is 19.2. The third-order valence-corrected chi connectivity index (χ3v) is 3.38. The van der Waals surface area contributed by atoms with Crippen LogP contribution >= 0.6 is 0 Å². The number of nitrogens with zero attached hydrogens (tertiary/aromatic N) is 2. The monoisotopic (exact) mass is 267 g/mol. The van der Waals surface area contributed by atoms with Crippen molar-refractivity contribution < 1.29 is 14.3 Å². The van der Waals surface area contributed by atoms with Crippen LogP contribution < -0.4 is 10.6 Å². The first kappa shape index (κ1) is 13.6. The topological polar surface area (TPSA) is 71.1 Å². The summed E-state index contributed by atoms with van der Waals surface area (Å²) in [5.74, 6) is -0.0144. The van der Waals surface area contributed by atoms with Gasteiger partial charge < -0.3 is 20.6 Å². The molecule has 0 spiro atoms. The molecule has 1 saturated heterocycles. The van der Waals surface area contributed by atoms with E-state index in [1.807, 2.05) is 4.90 Å². The van der Waals surface area contributed by atoms with Crippen LogP contribution in [0.3, 0.4) is 0 Å². The molecule has 1 fully saturated rings.